The van der Waals surface area contributed by atoms with Gasteiger partial charge in [-0.05, 0) is 68.4 Å². The van der Waals surface area contributed by atoms with E-state index in [1.165, 1.54) is 12.8 Å². The largest absolute Gasteiger partial charge is 0.509 e. The van der Waals surface area contributed by atoms with E-state index >= 15 is 0 Å². The molecular weight excluding hydrogens is 548 g/mol. The second kappa shape index (κ2) is 12.7. The van der Waals surface area contributed by atoms with E-state index in [9.17, 15) is 24.0 Å². The van der Waals surface area contributed by atoms with Gasteiger partial charge in [-0.25, -0.2) is 4.79 Å². The Morgan fingerprint density at radius 1 is 1.00 bits per heavy atom. The molecule has 0 aromatic rings. The summed E-state index contributed by atoms with van der Waals surface area (Å²) in [7, 11) is 0. The number of rotatable bonds is 11. The van der Waals surface area contributed by atoms with Crippen molar-refractivity contribution < 1.29 is 38.2 Å². The molecule has 5 rings (SSSR count). The van der Waals surface area contributed by atoms with Crippen LogP contribution >= 0.6 is 0 Å². The van der Waals surface area contributed by atoms with E-state index in [4.69, 9.17) is 14.2 Å². The van der Waals surface area contributed by atoms with Crippen molar-refractivity contribution in [3.63, 3.8) is 0 Å². The highest BCUT2D eigenvalue weighted by Gasteiger charge is 2.70. The molecular formula is C35H48O8. The number of carbonyl (C=O) groups is 5. The third kappa shape index (κ3) is 5.87. The number of ether oxygens (including phenoxy) is 3. The molecule has 0 aromatic heterocycles. The minimum atomic E-state index is -1.62. The molecule has 0 aromatic carbocycles. The average Bonchev–Trinajstić information content (AvgIpc) is 3.59. The maximum atomic E-state index is 14.1. The van der Waals surface area contributed by atoms with Gasteiger partial charge in [-0.2, -0.15) is 0 Å². The third-order valence-corrected chi connectivity index (χ3v) is 11.6. The molecule has 236 valence electrons. The zero-order chi connectivity index (χ0) is 30.8. The summed E-state index contributed by atoms with van der Waals surface area (Å²) >= 11 is 0. The maximum absolute atomic E-state index is 14.1. The Bertz CT molecular complexity index is 1190. The minimum absolute atomic E-state index is 0.0170. The van der Waals surface area contributed by atoms with Gasteiger partial charge in [-0.15, -0.1) is 0 Å². The number of fused-ring (bicyclic) bond motifs is 5. The standard InChI is InChI=1S/C35H48O8/c1-4-5-8-19-41-32(40)43-35(29(38)22-42-30(39)14-11-23-9-6-7-10-23)18-16-27-26-13-12-24-20-25(36)15-17-33(24,2)31(26)28(37)21-34(27,35)3/h15,17,20,23,26-27,31H,4-14,16,18-19,21-22H2,1-3H3/t26-,27-,31+,33-,34-,35-/m0/s1. The van der Waals surface area contributed by atoms with E-state index in [2.05, 4.69) is 6.92 Å². The number of hydrogen-bond donors (Lipinski definition) is 0. The van der Waals surface area contributed by atoms with Crippen LogP contribution in [0.25, 0.3) is 0 Å². The minimum Gasteiger partial charge on any atom is -0.457 e. The predicted molar refractivity (Wildman–Crippen MR) is 159 cm³/mol. The second-order valence-electron chi connectivity index (χ2n) is 14.1. The molecule has 8 heteroatoms. The van der Waals surface area contributed by atoms with Crippen LogP contribution in [0.3, 0.4) is 0 Å². The molecule has 0 unspecified atom stereocenters. The average molecular weight is 597 g/mol. The van der Waals surface area contributed by atoms with Gasteiger partial charge in [0.05, 0.1) is 6.61 Å². The fourth-order valence-corrected chi connectivity index (χ4v) is 9.34. The number of hydrogen-bond acceptors (Lipinski definition) is 8. The Labute approximate surface area is 255 Å². The molecule has 0 aliphatic heterocycles. The summed E-state index contributed by atoms with van der Waals surface area (Å²) in [6.45, 7) is 5.69. The van der Waals surface area contributed by atoms with Crippen LogP contribution < -0.4 is 0 Å². The first-order valence-corrected chi connectivity index (χ1v) is 16.6. The lowest BCUT2D eigenvalue weighted by Crippen LogP contribution is -2.62. The molecule has 0 N–H and O–H groups in total. The Balaban J connectivity index is 1.37. The number of allylic oxidation sites excluding steroid dienone is 4. The number of Topliss-reactive ketones (excluding diaryl/α,β-unsaturated/α-hetero) is 2. The summed E-state index contributed by atoms with van der Waals surface area (Å²) in [4.78, 5) is 66.1. The van der Waals surface area contributed by atoms with Crippen LogP contribution in [-0.4, -0.2) is 48.3 Å². The molecule has 0 heterocycles. The van der Waals surface area contributed by atoms with Gasteiger partial charge in [0.2, 0.25) is 5.78 Å². The van der Waals surface area contributed by atoms with E-state index in [1.54, 1.807) is 12.2 Å². The molecule has 4 fully saturated rings. The van der Waals surface area contributed by atoms with E-state index in [0.717, 1.165) is 44.1 Å². The zero-order valence-electron chi connectivity index (χ0n) is 26.1. The number of ketones is 3. The molecule has 4 saturated carbocycles. The van der Waals surface area contributed by atoms with Gasteiger partial charge in [-0.1, -0.05) is 70.9 Å². The topological polar surface area (TPSA) is 113 Å². The van der Waals surface area contributed by atoms with Crippen molar-refractivity contribution >= 4 is 29.5 Å². The van der Waals surface area contributed by atoms with Crippen LogP contribution in [0.1, 0.15) is 111 Å². The van der Waals surface area contributed by atoms with Crippen molar-refractivity contribution in [3.8, 4) is 0 Å². The molecule has 0 amide bonds. The fourth-order valence-electron chi connectivity index (χ4n) is 9.34. The maximum Gasteiger partial charge on any atom is 0.509 e. The van der Waals surface area contributed by atoms with Gasteiger partial charge in [0.25, 0.3) is 0 Å². The quantitative estimate of drug-likeness (QED) is 0.193. The summed E-state index contributed by atoms with van der Waals surface area (Å²) in [5.41, 5.74) is -2.14. The van der Waals surface area contributed by atoms with Gasteiger partial charge in [-0.3, -0.25) is 19.2 Å². The van der Waals surface area contributed by atoms with Crippen LogP contribution in [0.5, 0.6) is 0 Å². The lowest BCUT2D eigenvalue weighted by atomic mass is 9.46. The highest BCUT2D eigenvalue weighted by atomic mass is 16.7. The highest BCUT2D eigenvalue weighted by molar-refractivity contribution is 6.02. The van der Waals surface area contributed by atoms with Crippen molar-refractivity contribution in [2.45, 2.75) is 116 Å². The monoisotopic (exact) mass is 596 g/mol. The van der Waals surface area contributed by atoms with Gasteiger partial charge < -0.3 is 14.2 Å². The van der Waals surface area contributed by atoms with Crippen molar-refractivity contribution in [1.82, 2.24) is 0 Å². The molecule has 5 aliphatic carbocycles. The molecule has 6 atom stereocenters. The van der Waals surface area contributed by atoms with Gasteiger partial charge in [0.1, 0.15) is 5.78 Å². The SMILES string of the molecule is CCCCCOC(=O)O[C@]1(C(=O)COC(=O)CCC2CCCC2)CC[C@H]2[C@@H]3CCC4=CC(=O)C=C[C@]4(C)[C@H]3C(=O)C[C@@]21C. The van der Waals surface area contributed by atoms with Crippen LogP contribution in [0.2, 0.25) is 0 Å². The molecule has 5 aliphatic rings. The first-order chi connectivity index (χ1) is 20.5. The lowest BCUT2D eigenvalue weighted by Gasteiger charge is -2.57. The molecule has 43 heavy (non-hydrogen) atoms. The highest BCUT2D eigenvalue weighted by Crippen LogP contribution is 2.67. The number of esters is 1. The van der Waals surface area contributed by atoms with E-state index < -0.39 is 40.9 Å². The third-order valence-electron chi connectivity index (χ3n) is 11.6. The molecule has 8 nitrogen and oxygen atoms in total. The first kappa shape index (κ1) is 31.6. The number of carbonyl (C=O) groups excluding carboxylic acids is 5. The fraction of sp³-hybridized carbons (Fsp3) is 0.743. The summed E-state index contributed by atoms with van der Waals surface area (Å²) in [6, 6.07) is 0. The molecule has 0 bridgehead atoms. The summed E-state index contributed by atoms with van der Waals surface area (Å²) in [5, 5.41) is 0. The van der Waals surface area contributed by atoms with Crippen LogP contribution in [0.15, 0.2) is 23.8 Å². The van der Waals surface area contributed by atoms with Gasteiger partial charge >= 0.3 is 12.1 Å². The Kier molecular flexibility index (Phi) is 9.34. The van der Waals surface area contributed by atoms with Crippen molar-refractivity contribution in [1.29, 1.82) is 0 Å². The first-order valence-electron chi connectivity index (χ1n) is 16.6. The smallest absolute Gasteiger partial charge is 0.457 e. The van der Waals surface area contributed by atoms with Crippen LogP contribution in [-0.2, 0) is 33.4 Å². The summed E-state index contributed by atoms with van der Waals surface area (Å²) < 4.78 is 16.9. The summed E-state index contributed by atoms with van der Waals surface area (Å²) in [5.74, 6) is -0.800. The Morgan fingerprint density at radius 3 is 2.51 bits per heavy atom. The van der Waals surface area contributed by atoms with E-state index in [-0.39, 0.29) is 55.2 Å². The van der Waals surface area contributed by atoms with Crippen molar-refractivity contribution in [3.05, 3.63) is 23.8 Å². The van der Waals surface area contributed by atoms with Crippen molar-refractivity contribution in [2.24, 2.45) is 34.5 Å². The normalized spacial score (nSPS) is 35.0. The predicted octanol–water partition coefficient (Wildman–Crippen LogP) is 6.64. The summed E-state index contributed by atoms with van der Waals surface area (Å²) in [6.07, 6.45) is 14.8. The molecule has 0 saturated heterocycles. The molecule has 0 radical (unpaired) electrons. The Hall–Kier alpha value is -2.77. The van der Waals surface area contributed by atoms with E-state index in [0.29, 0.717) is 25.2 Å². The zero-order valence-corrected chi connectivity index (χ0v) is 26.1. The Morgan fingerprint density at radius 2 is 1.77 bits per heavy atom. The van der Waals surface area contributed by atoms with Gasteiger partial charge in [0, 0.05) is 29.6 Å². The van der Waals surface area contributed by atoms with E-state index in [1.807, 2.05) is 19.9 Å². The molecule has 0 spiro atoms. The lowest BCUT2D eigenvalue weighted by molar-refractivity contribution is -0.176. The van der Waals surface area contributed by atoms with Crippen LogP contribution in [0, 0.1) is 34.5 Å². The van der Waals surface area contributed by atoms with Crippen molar-refractivity contribution in [2.75, 3.05) is 13.2 Å². The van der Waals surface area contributed by atoms with Crippen LogP contribution in [0.4, 0.5) is 4.79 Å². The second-order valence-corrected chi connectivity index (χ2v) is 14.1. The van der Waals surface area contributed by atoms with Gasteiger partial charge in [0.15, 0.2) is 18.0 Å². The number of unbranched alkanes of at least 4 members (excludes halogenated alkanes) is 2.